The van der Waals surface area contributed by atoms with Gasteiger partial charge in [0.15, 0.2) is 17.3 Å². The van der Waals surface area contributed by atoms with E-state index < -0.39 is 0 Å². The fourth-order valence-electron chi connectivity index (χ4n) is 1.41. The predicted molar refractivity (Wildman–Crippen MR) is 64.1 cm³/mol. The van der Waals surface area contributed by atoms with E-state index in [4.69, 9.17) is 9.15 Å². The van der Waals surface area contributed by atoms with Crippen molar-refractivity contribution in [1.82, 2.24) is 0 Å². The first kappa shape index (κ1) is 12.1. The highest BCUT2D eigenvalue weighted by Crippen LogP contribution is 2.27. The van der Waals surface area contributed by atoms with E-state index in [0.717, 1.165) is 0 Å². The molecule has 2 rings (SSSR count). The molecule has 1 heterocycles. The molecule has 0 aliphatic rings. The molecule has 0 aliphatic carbocycles. The van der Waals surface area contributed by atoms with E-state index in [1.807, 2.05) is 0 Å². The molecule has 0 aliphatic heterocycles. The molecule has 0 radical (unpaired) electrons. The average molecular weight is 246 g/mol. The van der Waals surface area contributed by atoms with Crippen LogP contribution in [0.3, 0.4) is 0 Å². The molecular weight excluding hydrogens is 235 g/mol. The van der Waals surface area contributed by atoms with Crippen LogP contribution in [-0.2, 0) is 11.2 Å². The smallest absolute Gasteiger partial charge is 0.169 e. The summed E-state index contributed by atoms with van der Waals surface area (Å²) in [5.41, 5.74) is 0. The minimum atomic E-state index is -0.336. The van der Waals surface area contributed by atoms with Gasteiger partial charge in [-0.2, -0.15) is 0 Å². The van der Waals surface area contributed by atoms with Gasteiger partial charge in [0.1, 0.15) is 11.6 Å². The molecule has 0 saturated heterocycles. The van der Waals surface area contributed by atoms with Crippen molar-refractivity contribution in [2.24, 2.45) is 0 Å². The molecule has 0 spiro atoms. The summed E-state index contributed by atoms with van der Waals surface area (Å²) in [5, 5.41) is 0. The van der Waals surface area contributed by atoms with Gasteiger partial charge in [0, 0.05) is 6.07 Å². The molecule has 1 aromatic heterocycles. The van der Waals surface area contributed by atoms with Crippen LogP contribution < -0.4 is 4.74 Å². The summed E-state index contributed by atoms with van der Waals surface area (Å²) in [4.78, 5) is 11.2. The minimum absolute atomic E-state index is 0.0903. The summed E-state index contributed by atoms with van der Waals surface area (Å²) >= 11 is 0. The Hall–Kier alpha value is -2.36. The Bertz CT molecular complexity index is 555. The van der Waals surface area contributed by atoms with Crippen LogP contribution in [0.1, 0.15) is 5.76 Å². The molecule has 1 aromatic carbocycles. The van der Waals surface area contributed by atoms with Gasteiger partial charge in [-0.1, -0.05) is 6.58 Å². The van der Waals surface area contributed by atoms with Crippen LogP contribution in [0.4, 0.5) is 4.39 Å². The van der Waals surface area contributed by atoms with Crippen molar-refractivity contribution < 1.29 is 18.3 Å². The second kappa shape index (κ2) is 5.31. The third-order valence-corrected chi connectivity index (χ3v) is 2.31. The van der Waals surface area contributed by atoms with E-state index in [1.54, 1.807) is 6.07 Å². The average Bonchev–Trinajstić information content (AvgIpc) is 2.79. The van der Waals surface area contributed by atoms with Gasteiger partial charge in [-0.25, -0.2) is 4.39 Å². The first-order chi connectivity index (χ1) is 8.69. The molecule has 0 amide bonds. The molecule has 18 heavy (non-hydrogen) atoms. The van der Waals surface area contributed by atoms with Gasteiger partial charge < -0.3 is 9.15 Å². The molecule has 0 N–H and O–H groups in total. The Kier molecular flexibility index (Phi) is 3.57. The highest BCUT2D eigenvalue weighted by atomic mass is 19.1. The molecular formula is C14H11FO3. The lowest BCUT2D eigenvalue weighted by Gasteiger charge is -2.04. The van der Waals surface area contributed by atoms with Crippen molar-refractivity contribution in [3.8, 4) is 11.5 Å². The summed E-state index contributed by atoms with van der Waals surface area (Å²) in [7, 11) is 0. The number of halogens is 1. The lowest BCUT2D eigenvalue weighted by atomic mass is 10.2. The third-order valence-electron chi connectivity index (χ3n) is 2.31. The summed E-state index contributed by atoms with van der Waals surface area (Å²) in [6, 6.07) is 7.20. The van der Waals surface area contributed by atoms with Crippen LogP contribution in [0.15, 0.2) is 53.7 Å². The van der Waals surface area contributed by atoms with Crippen LogP contribution in [0, 0.1) is 5.82 Å². The molecule has 0 fully saturated rings. The van der Waals surface area contributed by atoms with Gasteiger partial charge in [0.25, 0.3) is 0 Å². The monoisotopic (exact) mass is 246 g/mol. The molecule has 2 aromatic rings. The normalized spacial score (nSPS) is 10.1. The highest BCUT2D eigenvalue weighted by Gasteiger charge is 2.11. The number of hydrogen-bond acceptors (Lipinski definition) is 3. The van der Waals surface area contributed by atoms with E-state index in [9.17, 15) is 9.18 Å². The van der Waals surface area contributed by atoms with Crippen LogP contribution in [0.2, 0.25) is 0 Å². The fourth-order valence-corrected chi connectivity index (χ4v) is 1.41. The first-order valence-corrected chi connectivity index (χ1v) is 5.34. The Morgan fingerprint density at radius 2 is 2.06 bits per heavy atom. The van der Waals surface area contributed by atoms with Crippen molar-refractivity contribution in [3.63, 3.8) is 0 Å². The maximum atomic E-state index is 12.7. The first-order valence-electron chi connectivity index (χ1n) is 5.34. The molecule has 0 bridgehead atoms. The lowest BCUT2D eigenvalue weighted by molar-refractivity contribution is -0.114. The number of furan rings is 1. The summed E-state index contributed by atoms with van der Waals surface area (Å²) in [6.45, 7) is 3.39. The minimum Gasteiger partial charge on any atom is -0.465 e. The van der Waals surface area contributed by atoms with Gasteiger partial charge >= 0.3 is 0 Å². The standard InChI is InChI=1S/C14H11FO3/c1-2-11(16)9-14-13(7-8-17-14)18-12-5-3-10(15)4-6-12/h2-8H,1,9H2. The van der Waals surface area contributed by atoms with E-state index in [0.29, 0.717) is 17.3 Å². The number of ether oxygens (including phenoxy) is 1. The molecule has 92 valence electrons. The van der Waals surface area contributed by atoms with Crippen molar-refractivity contribution in [1.29, 1.82) is 0 Å². The zero-order valence-electron chi connectivity index (χ0n) is 9.56. The van der Waals surface area contributed by atoms with Gasteiger partial charge in [-0.15, -0.1) is 0 Å². The number of benzene rings is 1. The van der Waals surface area contributed by atoms with Crippen LogP contribution >= 0.6 is 0 Å². The second-order valence-corrected chi connectivity index (χ2v) is 3.61. The predicted octanol–water partition coefficient (Wildman–Crippen LogP) is 3.51. The number of hydrogen-bond donors (Lipinski definition) is 0. The summed E-state index contributed by atoms with van der Waals surface area (Å²) in [6.07, 6.45) is 2.75. The fraction of sp³-hybridized carbons (Fsp3) is 0.0714. The van der Waals surface area contributed by atoms with E-state index >= 15 is 0 Å². The van der Waals surface area contributed by atoms with Crippen LogP contribution in [0.5, 0.6) is 11.5 Å². The van der Waals surface area contributed by atoms with Gasteiger partial charge in [0.2, 0.25) is 0 Å². The Labute approximate surface area is 103 Å². The number of carbonyl (C=O) groups excluding carboxylic acids is 1. The summed E-state index contributed by atoms with van der Waals surface area (Å²) < 4.78 is 23.4. The number of rotatable bonds is 5. The number of carbonyl (C=O) groups is 1. The lowest BCUT2D eigenvalue weighted by Crippen LogP contribution is -1.98. The largest absolute Gasteiger partial charge is 0.465 e. The second-order valence-electron chi connectivity index (χ2n) is 3.61. The Morgan fingerprint density at radius 3 is 2.72 bits per heavy atom. The van der Waals surface area contributed by atoms with Crippen molar-refractivity contribution >= 4 is 5.78 Å². The summed E-state index contributed by atoms with van der Waals surface area (Å²) in [5.74, 6) is 0.844. The van der Waals surface area contributed by atoms with Crippen LogP contribution in [0.25, 0.3) is 0 Å². The third kappa shape index (κ3) is 2.85. The maximum Gasteiger partial charge on any atom is 0.169 e. The zero-order valence-corrected chi connectivity index (χ0v) is 9.56. The highest BCUT2D eigenvalue weighted by molar-refractivity contribution is 5.90. The quantitative estimate of drug-likeness (QED) is 0.758. The topological polar surface area (TPSA) is 39.4 Å². The maximum absolute atomic E-state index is 12.7. The Balaban J connectivity index is 2.14. The molecule has 0 unspecified atom stereocenters. The van der Waals surface area contributed by atoms with E-state index in [-0.39, 0.29) is 18.0 Å². The van der Waals surface area contributed by atoms with Crippen molar-refractivity contribution in [2.75, 3.05) is 0 Å². The SMILES string of the molecule is C=CC(=O)Cc1occc1Oc1ccc(F)cc1. The van der Waals surface area contributed by atoms with Gasteiger partial charge in [-0.05, 0) is 30.3 Å². The van der Waals surface area contributed by atoms with Crippen molar-refractivity contribution in [2.45, 2.75) is 6.42 Å². The van der Waals surface area contributed by atoms with Crippen LogP contribution in [-0.4, -0.2) is 5.78 Å². The number of ketones is 1. The molecule has 0 atom stereocenters. The molecule has 3 nitrogen and oxygen atoms in total. The zero-order chi connectivity index (χ0) is 13.0. The Morgan fingerprint density at radius 1 is 1.33 bits per heavy atom. The van der Waals surface area contributed by atoms with Gasteiger partial charge in [-0.3, -0.25) is 4.79 Å². The van der Waals surface area contributed by atoms with Gasteiger partial charge in [0.05, 0.1) is 12.7 Å². The van der Waals surface area contributed by atoms with E-state index in [2.05, 4.69) is 6.58 Å². The number of allylic oxidation sites excluding steroid dienone is 1. The van der Waals surface area contributed by atoms with E-state index in [1.165, 1.54) is 36.6 Å². The van der Waals surface area contributed by atoms with Crippen molar-refractivity contribution in [3.05, 3.63) is 60.8 Å². The molecule has 4 heteroatoms. The molecule has 0 saturated carbocycles.